The van der Waals surface area contributed by atoms with E-state index in [1.54, 1.807) is 0 Å². The Hall–Kier alpha value is -3.26. The average molecular weight is 455 g/mol. The summed E-state index contributed by atoms with van der Waals surface area (Å²) >= 11 is 0. The highest BCUT2D eigenvalue weighted by atomic mass is 19.1. The SMILES string of the molecule is Cc1cn(CCC(=O)NC2(C(=O)NCc3ccc(F)cc3F)CCNCC2)c2ccccc12. The van der Waals surface area contributed by atoms with Crippen LogP contribution in [0.15, 0.2) is 48.7 Å². The van der Waals surface area contributed by atoms with Gasteiger partial charge in [-0.25, -0.2) is 8.78 Å². The van der Waals surface area contributed by atoms with Crippen molar-refractivity contribution >= 4 is 22.7 Å². The smallest absolute Gasteiger partial charge is 0.246 e. The summed E-state index contributed by atoms with van der Waals surface area (Å²) in [7, 11) is 0. The largest absolute Gasteiger partial charge is 0.350 e. The summed E-state index contributed by atoms with van der Waals surface area (Å²) in [6.07, 6.45) is 3.12. The van der Waals surface area contributed by atoms with Crippen molar-refractivity contribution in [2.45, 2.75) is 44.8 Å². The van der Waals surface area contributed by atoms with Gasteiger partial charge in [-0.15, -0.1) is 0 Å². The van der Waals surface area contributed by atoms with Gasteiger partial charge in [-0.1, -0.05) is 24.3 Å². The van der Waals surface area contributed by atoms with E-state index < -0.39 is 17.2 Å². The molecule has 1 aliphatic heterocycles. The molecule has 0 aliphatic carbocycles. The fraction of sp³-hybridized carbons (Fsp3) is 0.360. The molecule has 0 bridgehead atoms. The van der Waals surface area contributed by atoms with Crippen LogP contribution in [0.25, 0.3) is 10.9 Å². The van der Waals surface area contributed by atoms with Crippen LogP contribution < -0.4 is 16.0 Å². The van der Waals surface area contributed by atoms with Crippen molar-refractivity contribution in [3.05, 3.63) is 71.4 Å². The van der Waals surface area contributed by atoms with Crippen LogP contribution >= 0.6 is 0 Å². The van der Waals surface area contributed by atoms with Crippen LogP contribution in [0.2, 0.25) is 0 Å². The molecule has 3 N–H and O–H groups in total. The molecule has 0 radical (unpaired) electrons. The first-order valence-corrected chi connectivity index (χ1v) is 11.2. The maximum absolute atomic E-state index is 13.9. The number of aromatic nitrogens is 1. The van der Waals surface area contributed by atoms with Crippen LogP contribution in [-0.4, -0.2) is 35.0 Å². The topological polar surface area (TPSA) is 75.2 Å². The van der Waals surface area contributed by atoms with Crippen LogP contribution in [0.5, 0.6) is 0 Å². The molecular weight excluding hydrogens is 426 g/mol. The number of benzene rings is 2. The predicted octanol–water partition coefficient (Wildman–Crippen LogP) is 3.17. The van der Waals surface area contributed by atoms with Crippen LogP contribution in [-0.2, 0) is 22.7 Å². The van der Waals surface area contributed by atoms with Crippen LogP contribution in [0.4, 0.5) is 8.78 Å². The molecular formula is C25H28F2N4O2. The molecule has 33 heavy (non-hydrogen) atoms. The molecule has 8 heteroatoms. The molecule has 3 aromatic rings. The minimum atomic E-state index is -1.06. The van der Waals surface area contributed by atoms with Crippen molar-refractivity contribution in [3.63, 3.8) is 0 Å². The molecule has 0 unspecified atom stereocenters. The maximum Gasteiger partial charge on any atom is 0.246 e. The van der Waals surface area contributed by atoms with Crippen LogP contribution in [0, 0.1) is 18.6 Å². The minimum Gasteiger partial charge on any atom is -0.350 e. The number of piperidine rings is 1. The molecule has 0 atom stereocenters. The molecule has 174 valence electrons. The standard InChI is InChI=1S/C25H28F2N4O2/c1-17-16-31(22-5-3-2-4-20(17)22)13-8-23(32)30-25(9-11-28-12-10-25)24(33)29-15-18-6-7-19(26)14-21(18)27/h2-7,14,16,28H,8-13,15H2,1H3,(H,29,33)(H,30,32). The van der Waals surface area contributed by atoms with E-state index >= 15 is 0 Å². The number of fused-ring (bicyclic) bond motifs is 1. The third-order valence-electron chi connectivity index (χ3n) is 6.29. The van der Waals surface area contributed by atoms with Crippen LogP contribution in [0.3, 0.4) is 0 Å². The number of carbonyl (C=O) groups is 2. The molecule has 1 aliphatic rings. The summed E-state index contributed by atoms with van der Waals surface area (Å²) in [5.41, 5.74) is 1.34. The second-order valence-corrected chi connectivity index (χ2v) is 8.57. The molecule has 1 saturated heterocycles. The van der Waals surface area contributed by atoms with Gasteiger partial charge < -0.3 is 20.5 Å². The molecule has 6 nitrogen and oxygen atoms in total. The number of nitrogens with one attached hydrogen (secondary N) is 3. The first-order chi connectivity index (χ1) is 15.9. The predicted molar refractivity (Wildman–Crippen MR) is 122 cm³/mol. The Labute approximate surface area is 191 Å². The van der Waals surface area contributed by atoms with Crippen molar-refractivity contribution in [1.29, 1.82) is 0 Å². The van der Waals surface area contributed by atoms with Gasteiger partial charge in [0.25, 0.3) is 0 Å². The molecule has 0 spiro atoms. The Kier molecular flexibility index (Phi) is 6.74. The summed E-state index contributed by atoms with van der Waals surface area (Å²) in [4.78, 5) is 26.0. The van der Waals surface area contributed by atoms with Crippen molar-refractivity contribution in [2.24, 2.45) is 0 Å². The Bertz CT molecular complexity index is 1170. The lowest BCUT2D eigenvalue weighted by molar-refractivity contribution is -0.135. The zero-order chi connectivity index (χ0) is 23.4. The summed E-state index contributed by atoms with van der Waals surface area (Å²) in [6, 6.07) is 11.3. The number of rotatable bonds is 7. The van der Waals surface area contributed by atoms with E-state index in [1.165, 1.54) is 6.07 Å². The number of para-hydroxylation sites is 1. The Morgan fingerprint density at radius 1 is 1.12 bits per heavy atom. The minimum absolute atomic E-state index is 0.0787. The number of amides is 2. The third-order valence-corrected chi connectivity index (χ3v) is 6.29. The van der Waals surface area contributed by atoms with Gasteiger partial charge in [0.2, 0.25) is 11.8 Å². The fourth-order valence-corrected chi connectivity index (χ4v) is 4.44. The normalized spacial score (nSPS) is 15.4. The summed E-state index contributed by atoms with van der Waals surface area (Å²) in [6.45, 7) is 3.62. The average Bonchev–Trinajstić information content (AvgIpc) is 3.13. The molecule has 1 fully saturated rings. The maximum atomic E-state index is 13.9. The molecule has 2 heterocycles. The van der Waals surface area contributed by atoms with E-state index in [0.29, 0.717) is 32.5 Å². The van der Waals surface area contributed by atoms with E-state index in [0.717, 1.165) is 28.6 Å². The lowest BCUT2D eigenvalue weighted by Gasteiger charge is -2.37. The van der Waals surface area contributed by atoms with Gasteiger partial charge in [-0.2, -0.15) is 0 Å². The van der Waals surface area contributed by atoms with Gasteiger partial charge >= 0.3 is 0 Å². The zero-order valence-corrected chi connectivity index (χ0v) is 18.6. The second-order valence-electron chi connectivity index (χ2n) is 8.57. The molecule has 0 saturated carbocycles. The summed E-state index contributed by atoms with van der Waals surface area (Å²) in [5.74, 6) is -1.96. The number of hydrogen-bond acceptors (Lipinski definition) is 3. The Morgan fingerprint density at radius 2 is 1.88 bits per heavy atom. The van der Waals surface area contributed by atoms with E-state index in [1.807, 2.05) is 31.3 Å². The van der Waals surface area contributed by atoms with E-state index in [4.69, 9.17) is 0 Å². The quantitative estimate of drug-likeness (QED) is 0.513. The van der Waals surface area contributed by atoms with Gasteiger partial charge in [0.15, 0.2) is 0 Å². The molecule has 4 rings (SSSR count). The first-order valence-electron chi connectivity index (χ1n) is 11.2. The number of halogens is 2. The highest BCUT2D eigenvalue weighted by Crippen LogP contribution is 2.22. The van der Waals surface area contributed by atoms with E-state index in [2.05, 4.69) is 26.6 Å². The summed E-state index contributed by atoms with van der Waals surface area (Å²) < 4.78 is 29.1. The van der Waals surface area contributed by atoms with E-state index in [-0.39, 0.29) is 30.3 Å². The Balaban J connectivity index is 1.41. The number of aryl methyl sites for hydroxylation is 2. The Morgan fingerprint density at radius 3 is 2.64 bits per heavy atom. The molecule has 2 aromatic carbocycles. The van der Waals surface area contributed by atoms with Crippen LogP contribution in [0.1, 0.15) is 30.4 Å². The zero-order valence-electron chi connectivity index (χ0n) is 18.6. The number of hydrogen-bond donors (Lipinski definition) is 3. The van der Waals surface area contributed by atoms with Gasteiger partial charge in [-0.05, 0) is 50.6 Å². The lowest BCUT2D eigenvalue weighted by atomic mass is 9.87. The fourth-order valence-electron chi connectivity index (χ4n) is 4.44. The van der Waals surface area contributed by atoms with Gasteiger partial charge in [0.05, 0.1) is 0 Å². The van der Waals surface area contributed by atoms with Crippen molar-refractivity contribution in [3.8, 4) is 0 Å². The second kappa shape index (κ2) is 9.70. The summed E-state index contributed by atoms with van der Waals surface area (Å²) in [5, 5.41) is 10.0. The number of carbonyl (C=O) groups excluding carboxylic acids is 2. The van der Waals surface area contributed by atoms with Gasteiger partial charge in [0, 0.05) is 48.2 Å². The third kappa shape index (κ3) is 5.06. The highest BCUT2D eigenvalue weighted by Gasteiger charge is 2.40. The number of nitrogens with zero attached hydrogens (tertiary/aromatic N) is 1. The van der Waals surface area contributed by atoms with Crippen molar-refractivity contribution in [1.82, 2.24) is 20.5 Å². The van der Waals surface area contributed by atoms with Gasteiger partial charge in [0.1, 0.15) is 17.2 Å². The highest BCUT2D eigenvalue weighted by molar-refractivity contribution is 5.91. The van der Waals surface area contributed by atoms with Gasteiger partial charge in [-0.3, -0.25) is 9.59 Å². The molecule has 1 aromatic heterocycles. The van der Waals surface area contributed by atoms with Crippen molar-refractivity contribution < 1.29 is 18.4 Å². The first kappa shape index (κ1) is 22.9. The monoisotopic (exact) mass is 454 g/mol. The van der Waals surface area contributed by atoms with Crippen molar-refractivity contribution in [2.75, 3.05) is 13.1 Å². The van der Waals surface area contributed by atoms with E-state index in [9.17, 15) is 18.4 Å². The molecule has 2 amide bonds. The lowest BCUT2D eigenvalue weighted by Crippen LogP contribution is -2.62.